The Kier molecular flexibility index (Phi) is 7.60. The van der Waals surface area contributed by atoms with Gasteiger partial charge in [-0.3, -0.25) is 10.1 Å². The van der Waals surface area contributed by atoms with Crippen LogP contribution in [0, 0.1) is 12.3 Å². The van der Waals surface area contributed by atoms with Crippen molar-refractivity contribution in [3.63, 3.8) is 0 Å². The summed E-state index contributed by atoms with van der Waals surface area (Å²) in [6.07, 6.45) is 7.32. The number of hydrogen-bond donors (Lipinski definition) is 1. The molecule has 1 rings (SSSR count). The Balaban J connectivity index is 2.54. The average Bonchev–Trinajstić information content (AvgIpc) is 2.41. The molecule has 20 heavy (non-hydrogen) atoms. The Bertz CT molecular complexity index is 329. The molecule has 0 saturated carbocycles. The van der Waals surface area contributed by atoms with E-state index in [2.05, 4.69) is 28.1 Å². The summed E-state index contributed by atoms with van der Waals surface area (Å²) in [5.74, 6) is 2.66. The van der Waals surface area contributed by atoms with Crippen LogP contribution in [0.2, 0.25) is 0 Å². The highest BCUT2D eigenvalue weighted by molar-refractivity contribution is 5.78. The molecule has 0 aromatic heterocycles. The molecule has 1 fully saturated rings. The molecule has 5 nitrogen and oxygen atoms in total. The number of terminal acetylenes is 1. The van der Waals surface area contributed by atoms with Gasteiger partial charge in [-0.25, -0.2) is 0 Å². The standard InChI is InChI=1S/C15H28N4O/c1-5-8-16-13-15(20)19(12-11-17(2)3)14-6-9-18(4)10-7-14/h1,14,16H,6-13H2,2-4H3. The minimum absolute atomic E-state index is 0.164. The van der Waals surface area contributed by atoms with Crippen molar-refractivity contribution in [1.82, 2.24) is 20.0 Å². The van der Waals surface area contributed by atoms with Gasteiger partial charge in [-0.15, -0.1) is 6.42 Å². The van der Waals surface area contributed by atoms with Crippen LogP contribution in [0.1, 0.15) is 12.8 Å². The Morgan fingerprint density at radius 2 is 2.00 bits per heavy atom. The molecular weight excluding hydrogens is 252 g/mol. The van der Waals surface area contributed by atoms with Gasteiger partial charge in [0.25, 0.3) is 0 Å². The first-order valence-electron chi connectivity index (χ1n) is 7.31. The van der Waals surface area contributed by atoms with E-state index in [-0.39, 0.29) is 5.91 Å². The minimum atomic E-state index is 0.164. The van der Waals surface area contributed by atoms with E-state index in [1.165, 1.54) is 0 Å². The zero-order chi connectivity index (χ0) is 15.0. The third-order valence-corrected chi connectivity index (χ3v) is 3.74. The fourth-order valence-electron chi connectivity index (χ4n) is 2.47. The van der Waals surface area contributed by atoms with Crippen LogP contribution >= 0.6 is 0 Å². The summed E-state index contributed by atoms with van der Waals surface area (Å²) in [5, 5.41) is 3.00. The smallest absolute Gasteiger partial charge is 0.236 e. The second-order valence-electron chi connectivity index (χ2n) is 5.73. The third-order valence-electron chi connectivity index (χ3n) is 3.74. The van der Waals surface area contributed by atoms with Gasteiger partial charge in [-0.1, -0.05) is 5.92 Å². The van der Waals surface area contributed by atoms with Crippen molar-refractivity contribution in [1.29, 1.82) is 0 Å². The topological polar surface area (TPSA) is 38.8 Å². The Morgan fingerprint density at radius 1 is 1.35 bits per heavy atom. The molecule has 1 heterocycles. The summed E-state index contributed by atoms with van der Waals surface area (Å²) < 4.78 is 0. The van der Waals surface area contributed by atoms with Gasteiger partial charge in [-0.05, 0) is 47.1 Å². The molecule has 1 amide bonds. The van der Waals surface area contributed by atoms with Crippen LogP contribution in [0.5, 0.6) is 0 Å². The van der Waals surface area contributed by atoms with Crippen LogP contribution < -0.4 is 5.32 Å². The molecule has 1 aliphatic heterocycles. The number of carbonyl (C=O) groups is 1. The fraction of sp³-hybridized carbons (Fsp3) is 0.800. The lowest BCUT2D eigenvalue weighted by atomic mass is 10.0. The predicted octanol–water partition coefficient (Wildman–Crippen LogP) is -0.306. The third kappa shape index (κ3) is 5.91. The minimum Gasteiger partial charge on any atom is -0.337 e. The Hall–Kier alpha value is -1.09. The summed E-state index contributed by atoms with van der Waals surface area (Å²) in [4.78, 5) is 18.8. The second kappa shape index (κ2) is 8.96. The number of likely N-dealkylation sites (tertiary alicyclic amines) is 1. The van der Waals surface area contributed by atoms with Gasteiger partial charge in [0.05, 0.1) is 13.1 Å². The van der Waals surface area contributed by atoms with Crippen LogP contribution in [0.3, 0.4) is 0 Å². The van der Waals surface area contributed by atoms with E-state index < -0.39 is 0 Å². The van der Waals surface area contributed by atoms with E-state index in [1.54, 1.807) is 0 Å². The van der Waals surface area contributed by atoms with Gasteiger partial charge in [0.2, 0.25) is 5.91 Å². The lowest BCUT2D eigenvalue weighted by molar-refractivity contribution is -0.133. The monoisotopic (exact) mass is 280 g/mol. The lowest BCUT2D eigenvalue weighted by Gasteiger charge is -2.38. The highest BCUT2D eigenvalue weighted by Gasteiger charge is 2.26. The van der Waals surface area contributed by atoms with Crippen molar-refractivity contribution in [3.8, 4) is 12.3 Å². The first-order chi connectivity index (χ1) is 9.54. The summed E-state index contributed by atoms with van der Waals surface area (Å²) >= 11 is 0. The van der Waals surface area contributed by atoms with Crippen LogP contribution in [0.25, 0.3) is 0 Å². The molecule has 0 aromatic rings. The molecular formula is C15H28N4O. The SMILES string of the molecule is C#CCNCC(=O)N(CCN(C)C)C1CCN(C)CC1. The van der Waals surface area contributed by atoms with E-state index in [0.29, 0.717) is 19.1 Å². The summed E-state index contributed by atoms with van der Waals surface area (Å²) in [7, 11) is 6.21. The molecule has 0 bridgehead atoms. The second-order valence-corrected chi connectivity index (χ2v) is 5.73. The summed E-state index contributed by atoms with van der Waals surface area (Å²) in [6, 6.07) is 0.367. The van der Waals surface area contributed by atoms with E-state index >= 15 is 0 Å². The van der Waals surface area contributed by atoms with Crippen molar-refractivity contribution in [2.24, 2.45) is 0 Å². The number of nitrogens with one attached hydrogen (secondary N) is 1. The number of likely N-dealkylation sites (N-methyl/N-ethyl adjacent to an activating group) is 1. The molecule has 0 unspecified atom stereocenters. The number of piperidine rings is 1. The van der Waals surface area contributed by atoms with Crippen LogP contribution in [0.15, 0.2) is 0 Å². The Labute approximate surface area is 123 Å². The molecule has 5 heteroatoms. The fourth-order valence-corrected chi connectivity index (χ4v) is 2.47. The zero-order valence-corrected chi connectivity index (χ0v) is 13.1. The van der Waals surface area contributed by atoms with Crippen molar-refractivity contribution in [3.05, 3.63) is 0 Å². The van der Waals surface area contributed by atoms with Crippen molar-refractivity contribution in [2.75, 3.05) is 60.4 Å². The van der Waals surface area contributed by atoms with E-state index in [0.717, 1.165) is 39.0 Å². The number of nitrogens with zero attached hydrogens (tertiary/aromatic N) is 3. The van der Waals surface area contributed by atoms with Crippen molar-refractivity contribution in [2.45, 2.75) is 18.9 Å². The quantitative estimate of drug-likeness (QED) is 0.513. The molecule has 0 spiro atoms. The van der Waals surface area contributed by atoms with E-state index in [1.807, 2.05) is 19.0 Å². The maximum atomic E-state index is 12.4. The number of amides is 1. The number of hydrogen-bond acceptors (Lipinski definition) is 4. The molecule has 0 aromatic carbocycles. The van der Waals surface area contributed by atoms with Gasteiger partial charge in [0, 0.05) is 19.1 Å². The van der Waals surface area contributed by atoms with Gasteiger partial charge in [0.15, 0.2) is 0 Å². The van der Waals surface area contributed by atoms with Gasteiger partial charge in [0.1, 0.15) is 0 Å². The predicted molar refractivity (Wildman–Crippen MR) is 82.5 cm³/mol. The molecule has 0 radical (unpaired) electrons. The zero-order valence-electron chi connectivity index (χ0n) is 13.1. The van der Waals surface area contributed by atoms with Crippen LogP contribution in [-0.4, -0.2) is 87.1 Å². The summed E-state index contributed by atoms with van der Waals surface area (Å²) in [5.41, 5.74) is 0. The maximum Gasteiger partial charge on any atom is 0.236 e. The molecule has 1 N–H and O–H groups in total. The molecule has 1 saturated heterocycles. The van der Waals surface area contributed by atoms with Gasteiger partial charge >= 0.3 is 0 Å². The number of rotatable bonds is 7. The molecule has 0 atom stereocenters. The van der Waals surface area contributed by atoms with Crippen molar-refractivity contribution >= 4 is 5.91 Å². The van der Waals surface area contributed by atoms with E-state index in [4.69, 9.17) is 6.42 Å². The highest BCUT2D eigenvalue weighted by Crippen LogP contribution is 2.15. The van der Waals surface area contributed by atoms with Crippen molar-refractivity contribution < 1.29 is 4.79 Å². The van der Waals surface area contributed by atoms with Crippen LogP contribution in [0.4, 0.5) is 0 Å². The van der Waals surface area contributed by atoms with E-state index in [9.17, 15) is 4.79 Å². The van der Waals surface area contributed by atoms with Gasteiger partial charge < -0.3 is 14.7 Å². The summed E-state index contributed by atoms with van der Waals surface area (Å²) in [6.45, 7) is 4.60. The average molecular weight is 280 g/mol. The molecule has 0 aliphatic carbocycles. The first kappa shape index (κ1) is 17.0. The Morgan fingerprint density at radius 3 is 2.55 bits per heavy atom. The number of carbonyl (C=O) groups excluding carboxylic acids is 1. The maximum absolute atomic E-state index is 12.4. The van der Waals surface area contributed by atoms with Crippen LogP contribution in [-0.2, 0) is 4.79 Å². The normalized spacial score (nSPS) is 17.1. The largest absolute Gasteiger partial charge is 0.337 e. The first-order valence-corrected chi connectivity index (χ1v) is 7.31. The van der Waals surface area contributed by atoms with Gasteiger partial charge in [-0.2, -0.15) is 0 Å². The highest BCUT2D eigenvalue weighted by atomic mass is 16.2. The molecule has 114 valence electrons. The lowest BCUT2D eigenvalue weighted by Crippen LogP contribution is -2.50. The molecule has 1 aliphatic rings.